The molecule has 0 spiro atoms. The first-order valence-corrected chi connectivity index (χ1v) is 5.93. The number of fused-ring (bicyclic) bond motifs is 1. The van der Waals surface area contributed by atoms with Crippen molar-refractivity contribution < 1.29 is 9.47 Å². The van der Waals surface area contributed by atoms with E-state index in [9.17, 15) is 0 Å². The number of hydrogen-bond acceptors (Lipinski definition) is 2. The van der Waals surface area contributed by atoms with E-state index in [1.807, 2.05) is 19.9 Å². The molecular weight excluding hydrogens is 200 g/mol. The molecule has 0 fully saturated rings. The van der Waals surface area contributed by atoms with Gasteiger partial charge < -0.3 is 9.47 Å². The first-order valence-electron chi connectivity index (χ1n) is 5.93. The Morgan fingerprint density at radius 3 is 2.75 bits per heavy atom. The monoisotopic (exact) mass is 220 g/mol. The number of benzene rings is 1. The Hall–Kier alpha value is -1.02. The van der Waals surface area contributed by atoms with Gasteiger partial charge in [0.1, 0.15) is 5.75 Å². The van der Waals surface area contributed by atoms with E-state index in [-0.39, 0.29) is 11.7 Å². The van der Waals surface area contributed by atoms with Gasteiger partial charge in [-0.2, -0.15) is 0 Å². The molecule has 0 saturated carbocycles. The van der Waals surface area contributed by atoms with Crippen molar-refractivity contribution in [2.24, 2.45) is 0 Å². The summed E-state index contributed by atoms with van der Waals surface area (Å²) in [4.78, 5) is 0. The molecule has 0 amide bonds. The van der Waals surface area contributed by atoms with Crippen LogP contribution >= 0.6 is 0 Å². The maximum Gasteiger partial charge on any atom is 0.119 e. The van der Waals surface area contributed by atoms with Gasteiger partial charge >= 0.3 is 0 Å². The van der Waals surface area contributed by atoms with Crippen molar-refractivity contribution in [3.8, 4) is 5.75 Å². The molecule has 1 aromatic carbocycles. The minimum absolute atomic E-state index is 0.163. The van der Waals surface area contributed by atoms with Gasteiger partial charge in [-0.15, -0.1) is 0 Å². The molecule has 1 aliphatic heterocycles. The lowest BCUT2D eigenvalue weighted by molar-refractivity contribution is -0.0315. The lowest BCUT2D eigenvalue weighted by Crippen LogP contribution is -2.29. The fraction of sp³-hybridized carbons (Fsp3) is 0.571. The third-order valence-corrected chi connectivity index (χ3v) is 2.93. The van der Waals surface area contributed by atoms with Gasteiger partial charge in [0, 0.05) is 0 Å². The zero-order valence-electron chi connectivity index (χ0n) is 10.5. The first kappa shape index (κ1) is 11.5. The minimum Gasteiger partial charge on any atom is -0.491 e. The van der Waals surface area contributed by atoms with E-state index in [0.29, 0.717) is 0 Å². The second kappa shape index (κ2) is 4.10. The van der Waals surface area contributed by atoms with Gasteiger partial charge in [-0.25, -0.2) is 0 Å². The summed E-state index contributed by atoms with van der Waals surface area (Å²) in [6.45, 7) is 9.13. The molecule has 2 nitrogen and oxygen atoms in total. The molecule has 1 aromatic rings. The fourth-order valence-electron chi connectivity index (χ4n) is 2.20. The van der Waals surface area contributed by atoms with Crippen molar-refractivity contribution in [2.75, 3.05) is 6.61 Å². The summed E-state index contributed by atoms with van der Waals surface area (Å²) in [5.74, 6) is 0.964. The standard InChI is InChI=1S/C14H20O2/c1-10(2)16-12-5-6-13-11(9-12)7-8-15-14(13,3)4/h5-6,9-10H,7-8H2,1-4H3. The Bertz CT molecular complexity index is 380. The van der Waals surface area contributed by atoms with E-state index in [0.717, 1.165) is 18.8 Å². The van der Waals surface area contributed by atoms with Crippen molar-refractivity contribution in [2.45, 2.75) is 45.8 Å². The molecule has 0 radical (unpaired) electrons. The highest BCUT2D eigenvalue weighted by Crippen LogP contribution is 2.34. The lowest BCUT2D eigenvalue weighted by atomic mass is 9.89. The first-order chi connectivity index (χ1) is 7.49. The van der Waals surface area contributed by atoms with E-state index < -0.39 is 0 Å². The van der Waals surface area contributed by atoms with E-state index >= 15 is 0 Å². The van der Waals surface area contributed by atoms with Crippen molar-refractivity contribution in [3.05, 3.63) is 29.3 Å². The summed E-state index contributed by atoms with van der Waals surface area (Å²) < 4.78 is 11.5. The minimum atomic E-state index is -0.163. The zero-order chi connectivity index (χ0) is 11.8. The van der Waals surface area contributed by atoms with Gasteiger partial charge in [-0.3, -0.25) is 0 Å². The third kappa shape index (κ3) is 2.22. The smallest absolute Gasteiger partial charge is 0.119 e. The fourth-order valence-corrected chi connectivity index (χ4v) is 2.20. The molecule has 16 heavy (non-hydrogen) atoms. The van der Waals surface area contributed by atoms with Crippen LogP contribution in [0.3, 0.4) is 0 Å². The third-order valence-electron chi connectivity index (χ3n) is 2.93. The maximum absolute atomic E-state index is 5.77. The van der Waals surface area contributed by atoms with Crippen molar-refractivity contribution in [1.29, 1.82) is 0 Å². The largest absolute Gasteiger partial charge is 0.491 e. The van der Waals surface area contributed by atoms with E-state index in [1.54, 1.807) is 0 Å². The topological polar surface area (TPSA) is 18.5 Å². The van der Waals surface area contributed by atoms with Crippen LogP contribution in [-0.4, -0.2) is 12.7 Å². The predicted octanol–water partition coefficient (Wildman–Crippen LogP) is 3.28. The maximum atomic E-state index is 5.77. The van der Waals surface area contributed by atoms with Crippen LogP contribution in [0.15, 0.2) is 18.2 Å². The van der Waals surface area contributed by atoms with E-state index in [2.05, 4.69) is 26.0 Å². The molecule has 0 bridgehead atoms. The average Bonchev–Trinajstić information content (AvgIpc) is 2.15. The van der Waals surface area contributed by atoms with Gasteiger partial charge in [-0.1, -0.05) is 6.07 Å². The van der Waals surface area contributed by atoms with Gasteiger partial charge in [0.2, 0.25) is 0 Å². The van der Waals surface area contributed by atoms with Gasteiger partial charge in [0.15, 0.2) is 0 Å². The lowest BCUT2D eigenvalue weighted by Gasteiger charge is -2.33. The van der Waals surface area contributed by atoms with E-state index in [1.165, 1.54) is 11.1 Å². The van der Waals surface area contributed by atoms with Crippen molar-refractivity contribution in [3.63, 3.8) is 0 Å². The number of ether oxygens (including phenoxy) is 2. The van der Waals surface area contributed by atoms with Gasteiger partial charge in [0.25, 0.3) is 0 Å². The highest BCUT2D eigenvalue weighted by Gasteiger charge is 2.28. The zero-order valence-corrected chi connectivity index (χ0v) is 10.5. The van der Waals surface area contributed by atoms with Crippen LogP contribution in [0.2, 0.25) is 0 Å². The van der Waals surface area contributed by atoms with Crippen molar-refractivity contribution in [1.82, 2.24) is 0 Å². The SMILES string of the molecule is CC(C)Oc1ccc2c(c1)CCOC2(C)C. The summed E-state index contributed by atoms with van der Waals surface area (Å²) in [6.07, 6.45) is 1.21. The number of rotatable bonds is 2. The molecule has 0 atom stereocenters. The van der Waals surface area contributed by atoms with Crippen LogP contribution < -0.4 is 4.74 Å². The molecular formula is C14H20O2. The molecule has 2 rings (SSSR count). The Labute approximate surface area is 97.6 Å². The Balaban J connectivity index is 2.32. The Morgan fingerprint density at radius 2 is 2.06 bits per heavy atom. The summed E-state index contributed by atoms with van der Waals surface area (Å²) in [5.41, 5.74) is 2.48. The number of hydrogen-bond donors (Lipinski definition) is 0. The molecule has 0 saturated heterocycles. The normalized spacial score (nSPS) is 18.3. The molecule has 0 aromatic heterocycles. The molecule has 88 valence electrons. The molecule has 0 aliphatic carbocycles. The van der Waals surface area contributed by atoms with E-state index in [4.69, 9.17) is 9.47 Å². The predicted molar refractivity (Wildman–Crippen MR) is 64.9 cm³/mol. The van der Waals surface area contributed by atoms with Crippen LogP contribution in [0.5, 0.6) is 5.75 Å². The highest BCUT2D eigenvalue weighted by atomic mass is 16.5. The van der Waals surface area contributed by atoms with Crippen LogP contribution in [-0.2, 0) is 16.8 Å². The Morgan fingerprint density at radius 1 is 1.31 bits per heavy atom. The molecule has 1 aliphatic rings. The van der Waals surface area contributed by atoms with Crippen LogP contribution in [0.1, 0.15) is 38.8 Å². The quantitative estimate of drug-likeness (QED) is 0.761. The average molecular weight is 220 g/mol. The van der Waals surface area contributed by atoms with Crippen LogP contribution in [0.4, 0.5) is 0 Å². The van der Waals surface area contributed by atoms with Crippen LogP contribution in [0.25, 0.3) is 0 Å². The summed E-state index contributed by atoms with van der Waals surface area (Å²) in [7, 11) is 0. The molecule has 0 unspecified atom stereocenters. The highest BCUT2D eigenvalue weighted by molar-refractivity contribution is 5.40. The second-order valence-electron chi connectivity index (χ2n) is 5.09. The second-order valence-corrected chi connectivity index (χ2v) is 5.09. The molecule has 1 heterocycles. The van der Waals surface area contributed by atoms with Crippen LogP contribution in [0, 0.1) is 0 Å². The van der Waals surface area contributed by atoms with Gasteiger partial charge in [0.05, 0.1) is 18.3 Å². The Kier molecular flexibility index (Phi) is 2.94. The molecule has 0 N–H and O–H groups in total. The molecule has 2 heteroatoms. The summed E-state index contributed by atoms with van der Waals surface area (Å²) in [5, 5.41) is 0. The van der Waals surface area contributed by atoms with Crippen molar-refractivity contribution >= 4 is 0 Å². The summed E-state index contributed by atoms with van der Waals surface area (Å²) >= 11 is 0. The summed E-state index contributed by atoms with van der Waals surface area (Å²) in [6, 6.07) is 6.32. The van der Waals surface area contributed by atoms with Gasteiger partial charge in [-0.05, 0) is 57.4 Å².